The van der Waals surface area contributed by atoms with Crippen LogP contribution in [0, 0.1) is 0 Å². The van der Waals surface area contributed by atoms with Gasteiger partial charge in [-0.15, -0.1) is 0 Å². The second-order valence-corrected chi connectivity index (χ2v) is 9.79. The van der Waals surface area contributed by atoms with Gasteiger partial charge in [0.15, 0.2) is 17.8 Å². The number of phenolic OH excluding ortho intramolecular Hbond substituents is 1. The zero-order valence-corrected chi connectivity index (χ0v) is 23.0. The number of aryl methyl sites for hydroxylation is 1. The lowest BCUT2D eigenvalue weighted by atomic mass is 10.1. The molecule has 0 aliphatic heterocycles. The standard InChI is InChI=1S/C30H52O6/c1-3-5-7-9-11-13-15-17-24-34-28(35-25-18-16-14-12-10-8-6-4-2)23-22-26-20-19-21-27(29(26)31)36-30(32)33/h19-21,28,31H,3-18,22-25H2,1-2H3,(H,32,33). The molecule has 6 nitrogen and oxygen atoms in total. The second-order valence-electron chi connectivity index (χ2n) is 9.79. The lowest BCUT2D eigenvalue weighted by Crippen LogP contribution is -2.20. The first kappa shape index (κ1) is 32.2. The molecule has 1 rings (SSSR count). The third-order valence-corrected chi connectivity index (χ3v) is 6.53. The van der Waals surface area contributed by atoms with E-state index in [4.69, 9.17) is 14.6 Å². The molecule has 0 bridgehead atoms. The lowest BCUT2D eigenvalue weighted by molar-refractivity contribution is -0.147. The topological polar surface area (TPSA) is 85.2 Å². The molecule has 0 amide bonds. The van der Waals surface area contributed by atoms with Gasteiger partial charge in [0.25, 0.3) is 0 Å². The Labute approximate surface area is 219 Å². The molecule has 1 aromatic rings. The Kier molecular flexibility index (Phi) is 20.1. The summed E-state index contributed by atoms with van der Waals surface area (Å²) in [6, 6.07) is 4.91. The normalized spacial score (nSPS) is 11.3. The minimum absolute atomic E-state index is 0.0451. The van der Waals surface area contributed by atoms with Gasteiger partial charge in [0, 0.05) is 19.6 Å². The van der Waals surface area contributed by atoms with Crippen LogP contribution in [0.1, 0.15) is 129 Å². The number of ether oxygens (including phenoxy) is 3. The van der Waals surface area contributed by atoms with Crippen molar-refractivity contribution < 1.29 is 29.2 Å². The first-order valence-electron chi connectivity index (χ1n) is 14.5. The largest absolute Gasteiger partial charge is 0.511 e. The summed E-state index contributed by atoms with van der Waals surface area (Å²) in [6.07, 6.45) is 19.4. The molecule has 0 heterocycles. The van der Waals surface area contributed by atoms with Crippen molar-refractivity contribution in [3.63, 3.8) is 0 Å². The number of hydrogen-bond donors (Lipinski definition) is 2. The van der Waals surface area contributed by atoms with Crippen LogP contribution in [0.25, 0.3) is 0 Å². The van der Waals surface area contributed by atoms with Crippen LogP contribution in [0.3, 0.4) is 0 Å². The molecule has 0 unspecified atom stereocenters. The van der Waals surface area contributed by atoms with Crippen molar-refractivity contribution in [1.29, 1.82) is 0 Å². The van der Waals surface area contributed by atoms with Crippen LogP contribution >= 0.6 is 0 Å². The highest BCUT2D eigenvalue weighted by molar-refractivity contribution is 5.63. The van der Waals surface area contributed by atoms with Crippen molar-refractivity contribution >= 4 is 6.16 Å². The number of hydrogen-bond acceptors (Lipinski definition) is 5. The minimum atomic E-state index is -1.44. The van der Waals surface area contributed by atoms with E-state index in [1.54, 1.807) is 12.1 Å². The Morgan fingerprint density at radius 1 is 0.750 bits per heavy atom. The fraction of sp³-hybridized carbons (Fsp3) is 0.767. The fourth-order valence-electron chi connectivity index (χ4n) is 4.34. The van der Waals surface area contributed by atoms with Gasteiger partial charge in [-0.3, -0.25) is 0 Å². The molecule has 208 valence electrons. The van der Waals surface area contributed by atoms with Crippen molar-refractivity contribution in [2.24, 2.45) is 0 Å². The van der Waals surface area contributed by atoms with E-state index < -0.39 is 6.16 Å². The van der Waals surface area contributed by atoms with Crippen molar-refractivity contribution in [3.8, 4) is 11.5 Å². The average molecular weight is 509 g/mol. The van der Waals surface area contributed by atoms with Crippen LogP contribution < -0.4 is 4.74 Å². The van der Waals surface area contributed by atoms with E-state index in [0.29, 0.717) is 31.6 Å². The zero-order chi connectivity index (χ0) is 26.3. The Bertz CT molecular complexity index is 641. The Morgan fingerprint density at radius 2 is 1.22 bits per heavy atom. The summed E-state index contributed by atoms with van der Waals surface area (Å²) in [4.78, 5) is 10.8. The third kappa shape index (κ3) is 16.8. The Morgan fingerprint density at radius 3 is 1.69 bits per heavy atom. The van der Waals surface area contributed by atoms with Crippen molar-refractivity contribution in [3.05, 3.63) is 23.8 Å². The predicted octanol–water partition coefficient (Wildman–Crippen LogP) is 9.02. The van der Waals surface area contributed by atoms with E-state index in [1.165, 1.54) is 96.0 Å². The maximum atomic E-state index is 10.8. The minimum Gasteiger partial charge on any atom is -0.504 e. The SMILES string of the molecule is CCCCCCCCCCOC(CCc1cccc(OC(=O)O)c1O)OCCCCCCCCCC. The number of para-hydroxylation sites is 1. The fourth-order valence-corrected chi connectivity index (χ4v) is 4.34. The van der Waals surface area contributed by atoms with Crippen molar-refractivity contribution in [1.82, 2.24) is 0 Å². The van der Waals surface area contributed by atoms with Crippen LogP contribution in [-0.2, 0) is 15.9 Å². The van der Waals surface area contributed by atoms with Gasteiger partial charge in [0.2, 0.25) is 0 Å². The highest BCUT2D eigenvalue weighted by Gasteiger charge is 2.15. The molecule has 0 fully saturated rings. The molecule has 0 aliphatic carbocycles. The van der Waals surface area contributed by atoms with Crippen LogP contribution in [0.15, 0.2) is 18.2 Å². The summed E-state index contributed by atoms with van der Waals surface area (Å²) in [5.41, 5.74) is 0.630. The van der Waals surface area contributed by atoms with Crippen molar-refractivity contribution in [2.45, 2.75) is 136 Å². The molecule has 0 atom stereocenters. The van der Waals surface area contributed by atoms with Crippen LogP contribution in [0.2, 0.25) is 0 Å². The monoisotopic (exact) mass is 508 g/mol. The number of phenols is 1. The average Bonchev–Trinajstić information content (AvgIpc) is 2.86. The van der Waals surface area contributed by atoms with Gasteiger partial charge >= 0.3 is 6.16 Å². The third-order valence-electron chi connectivity index (χ3n) is 6.53. The molecule has 0 saturated carbocycles. The summed E-state index contributed by atoms with van der Waals surface area (Å²) < 4.78 is 16.8. The number of unbranched alkanes of at least 4 members (excludes halogenated alkanes) is 14. The zero-order valence-electron chi connectivity index (χ0n) is 23.0. The number of aromatic hydroxyl groups is 1. The number of rotatable bonds is 24. The van der Waals surface area contributed by atoms with Crippen LogP contribution in [-0.4, -0.2) is 35.9 Å². The van der Waals surface area contributed by atoms with E-state index in [1.807, 2.05) is 0 Å². The van der Waals surface area contributed by atoms with Gasteiger partial charge in [0.05, 0.1) is 0 Å². The van der Waals surface area contributed by atoms with Gasteiger partial charge in [-0.05, 0) is 30.9 Å². The Hall–Kier alpha value is -1.79. The Balaban J connectivity index is 2.41. The highest BCUT2D eigenvalue weighted by atomic mass is 16.7. The second kappa shape index (κ2) is 22.4. The molecule has 0 saturated heterocycles. The number of carboxylic acid groups (broad SMARTS) is 1. The van der Waals surface area contributed by atoms with Gasteiger partial charge < -0.3 is 24.4 Å². The predicted molar refractivity (Wildman–Crippen MR) is 146 cm³/mol. The van der Waals surface area contributed by atoms with E-state index in [2.05, 4.69) is 18.6 Å². The molecule has 0 radical (unpaired) electrons. The molecule has 0 aliphatic rings. The number of benzene rings is 1. The van der Waals surface area contributed by atoms with Crippen LogP contribution in [0.5, 0.6) is 11.5 Å². The van der Waals surface area contributed by atoms with Gasteiger partial charge in [0.1, 0.15) is 0 Å². The first-order chi connectivity index (χ1) is 17.6. The van der Waals surface area contributed by atoms with Crippen molar-refractivity contribution in [2.75, 3.05) is 13.2 Å². The first-order valence-corrected chi connectivity index (χ1v) is 14.5. The summed E-state index contributed by atoms with van der Waals surface area (Å²) in [5.74, 6) is -0.180. The van der Waals surface area contributed by atoms with E-state index >= 15 is 0 Å². The van der Waals surface area contributed by atoms with Gasteiger partial charge in [-0.2, -0.15) is 0 Å². The summed E-state index contributed by atoms with van der Waals surface area (Å²) >= 11 is 0. The summed E-state index contributed by atoms with van der Waals surface area (Å²) in [5, 5.41) is 19.2. The molecular formula is C30H52O6. The maximum Gasteiger partial charge on any atom is 0.511 e. The molecular weight excluding hydrogens is 456 g/mol. The summed E-state index contributed by atoms with van der Waals surface area (Å²) in [7, 11) is 0. The maximum absolute atomic E-state index is 10.8. The molecule has 1 aromatic carbocycles. The van der Waals surface area contributed by atoms with E-state index in [9.17, 15) is 9.90 Å². The smallest absolute Gasteiger partial charge is 0.504 e. The molecule has 6 heteroatoms. The van der Waals surface area contributed by atoms with E-state index in [-0.39, 0.29) is 17.8 Å². The molecule has 36 heavy (non-hydrogen) atoms. The summed E-state index contributed by atoms with van der Waals surface area (Å²) in [6.45, 7) is 5.83. The lowest BCUT2D eigenvalue weighted by Gasteiger charge is -2.19. The quantitative estimate of drug-likeness (QED) is 0.0627. The van der Waals surface area contributed by atoms with Gasteiger partial charge in [-0.1, -0.05) is 116 Å². The number of carbonyl (C=O) groups is 1. The molecule has 2 N–H and O–H groups in total. The molecule has 0 spiro atoms. The van der Waals surface area contributed by atoms with E-state index in [0.717, 1.165) is 12.8 Å². The van der Waals surface area contributed by atoms with Crippen LogP contribution in [0.4, 0.5) is 4.79 Å². The highest BCUT2D eigenvalue weighted by Crippen LogP contribution is 2.31. The molecule has 0 aromatic heterocycles. The van der Waals surface area contributed by atoms with Gasteiger partial charge in [-0.25, -0.2) is 4.79 Å².